The first kappa shape index (κ1) is 30.7. The van der Waals surface area contributed by atoms with Gasteiger partial charge in [0.15, 0.2) is 5.82 Å². The SMILES string of the molecule is CN(C)C(=O)/C=C/CC[C@@H](CN(C)C(=O)O)C(=O)Nc1ccc(Cl)n(Cc2nc3c(F)cnc(CC4CC4)c3[nH]2)c1=O. The molecule has 0 aromatic carbocycles. The highest BCUT2D eigenvalue weighted by atomic mass is 35.5. The minimum atomic E-state index is -1.21. The van der Waals surface area contributed by atoms with E-state index in [1.165, 1.54) is 34.7 Å². The number of allylic oxidation sites excluding steroid dienone is 1. The van der Waals surface area contributed by atoms with Gasteiger partial charge in [-0.2, -0.15) is 0 Å². The molecule has 3 heterocycles. The monoisotopic (exact) mass is 601 g/mol. The predicted molar refractivity (Wildman–Crippen MR) is 155 cm³/mol. The van der Waals surface area contributed by atoms with E-state index in [9.17, 15) is 28.7 Å². The topological polar surface area (TPSA) is 154 Å². The molecule has 1 atom stereocenters. The van der Waals surface area contributed by atoms with Crippen molar-refractivity contribution in [1.29, 1.82) is 0 Å². The number of hydrogen-bond acceptors (Lipinski definition) is 6. The van der Waals surface area contributed by atoms with Crippen molar-refractivity contribution >= 4 is 46.2 Å². The van der Waals surface area contributed by atoms with E-state index in [1.807, 2.05) is 0 Å². The Morgan fingerprint density at radius 1 is 1.29 bits per heavy atom. The van der Waals surface area contributed by atoms with Crippen LogP contribution in [-0.2, 0) is 22.6 Å². The second kappa shape index (κ2) is 13.1. The molecule has 14 heteroatoms. The predicted octanol–water partition coefficient (Wildman–Crippen LogP) is 3.50. The molecule has 1 aliphatic rings. The maximum atomic E-state index is 14.5. The molecule has 1 fully saturated rings. The van der Waals surface area contributed by atoms with Crippen LogP contribution < -0.4 is 10.9 Å². The minimum absolute atomic E-state index is 0.0657. The summed E-state index contributed by atoms with van der Waals surface area (Å²) in [5.41, 5.74) is 0.651. The van der Waals surface area contributed by atoms with Gasteiger partial charge in [-0.15, -0.1) is 0 Å². The van der Waals surface area contributed by atoms with Crippen LogP contribution in [0.3, 0.4) is 0 Å². The summed E-state index contributed by atoms with van der Waals surface area (Å²) in [6.07, 6.45) is 6.40. The molecule has 42 heavy (non-hydrogen) atoms. The van der Waals surface area contributed by atoms with Gasteiger partial charge < -0.3 is 25.2 Å². The Morgan fingerprint density at radius 3 is 2.69 bits per heavy atom. The summed E-state index contributed by atoms with van der Waals surface area (Å²) in [6, 6.07) is 2.80. The number of aromatic amines is 1. The van der Waals surface area contributed by atoms with Crippen molar-refractivity contribution in [3.05, 3.63) is 63.3 Å². The van der Waals surface area contributed by atoms with Crippen molar-refractivity contribution in [2.24, 2.45) is 11.8 Å². The Bertz CT molecular complexity index is 1580. The van der Waals surface area contributed by atoms with Gasteiger partial charge in [-0.3, -0.25) is 23.9 Å². The number of rotatable bonds is 12. The summed E-state index contributed by atoms with van der Waals surface area (Å²) in [5.74, 6) is -1.37. The molecule has 0 saturated heterocycles. The molecule has 0 radical (unpaired) electrons. The van der Waals surface area contributed by atoms with Crippen LogP contribution in [0.5, 0.6) is 0 Å². The largest absolute Gasteiger partial charge is 0.465 e. The number of fused-ring (bicyclic) bond motifs is 1. The van der Waals surface area contributed by atoms with Crippen LogP contribution in [0, 0.1) is 17.7 Å². The zero-order chi connectivity index (χ0) is 30.6. The van der Waals surface area contributed by atoms with Crippen molar-refractivity contribution in [3.8, 4) is 0 Å². The van der Waals surface area contributed by atoms with E-state index in [0.717, 1.165) is 23.9 Å². The lowest BCUT2D eigenvalue weighted by molar-refractivity contribution is -0.123. The Labute approximate surface area is 246 Å². The second-order valence-electron chi connectivity index (χ2n) is 10.6. The Morgan fingerprint density at radius 2 is 2.02 bits per heavy atom. The summed E-state index contributed by atoms with van der Waals surface area (Å²) < 4.78 is 15.7. The maximum Gasteiger partial charge on any atom is 0.407 e. The van der Waals surface area contributed by atoms with E-state index in [4.69, 9.17) is 11.6 Å². The third-order valence-corrected chi connectivity index (χ3v) is 7.37. The van der Waals surface area contributed by atoms with Crippen LogP contribution in [0.4, 0.5) is 14.9 Å². The highest BCUT2D eigenvalue weighted by Crippen LogP contribution is 2.34. The first-order valence-electron chi connectivity index (χ1n) is 13.5. The lowest BCUT2D eigenvalue weighted by Crippen LogP contribution is -2.37. The first-order valence-corrected chi connectivity index (χ1v) is 13.9. The van der Waals surface area contributed by atoms with Gasteiger partial charge in [-0.05, 0) is 56.2 Å². The van der Waals surface area contributed by atoms with Crippen molar-refractivity contribution in [3.63, 3.8) is 0 Å². The molecule has 0 bridgehead atoms. The lowest BCUT2D eigenvalue weighted by Gasteiger charge is -2.21. The summed E-state index contributed by atoms with van der Waals surface area (Å²) in [6.45, 7) is -0.242. The molecule has 1 aliphatic carbocycles. The first-order chi connectivity index (χ1) is 19.9. The number of H-pyrrole nitrogens is 1. The molecule has 0 aliphatic heterocycles. The van der Waals surface area contributed by atoms with E-state index in [-0.39, 0.29) is 41.8 Å². The fraction of sp³-hybridized carbons (Fsp3) is 0.429. The van der Waals surface area contributed by atoms with Crippen LogP contribution in [0.15, 0.2) is 35.3 Å². The Kier molecular flexibility index (Phi) is 9.61. The van der Waals surface area contributed by atoms with Gasteiger partial charge in [0.1, 0.15) is 22.2 Å². The van der Waals surface area contributed by atoms with E-state index < -0.39 is 29.3 Å². The van der Waals surface area contributed by atoms with Crippen LogP contribution >= 0.6 is 11.6 Å². The molecule has 224 valence electrons. The molecule has 4 rings (SSSR count). The van der Waals surface area contributed by atoms with Gasteiger partial charge in [-0.25, -0.2) is 14.2 Å². The molecule has 3 amide bonds. The number of halogens is 2. The molecular formula is C28H33ClFN7O5. The molecular weight excluding hydrogens is 569 g/mol. The number of pyridine rings is 2. The lowest BCUT2D eigenvalue weighted by atomic mass is 10.0. The van der Waals surface area contributed by atoms with Crippen LogP contribution in [0.1, 0.15) is 37.2 Å². The van der Waals surface area contributed by atoms with Gasteiger partial charge in [0.05, 0.1) is 29.9 Å². The summed E-state index contributed by atoms with van der Waals surface area (Å²) in [7, 11) is 4.56. The number of carbonyl (C=O) groups excluding carboxylic acids is 2. The molecule has 3 aromatic rings. The molecule has 0 spiro atoms. The second-order valence-corrected chi connectivity index (χ2v) is 11.0. The fourth-order valence-electron chi connectivity index (χ4n) is 4.42. The number of carboxylic acid groups (broad SMARTS) is 1. The van der Waals surface area contributed by atoms with E-state index >= 15 is 0 Å². The van der Waals surface area contributed by atoms with Crippen LogP contribution in [0.25, 0.3) is 11.0 Å². The van der Waals surface area contributed by atoms with Crippen LogP contribution in [-0.4, -0.2) is 80.0 Å². The molecule has 1 saturated carbocycles. The number of amides is 3. The Balaban J connectivity index is 1.53. The van der Waals surface area contributed by atoms with Crippen molar-refractivity contribution in [2.75, 3.05) is 33.0 Å². The number of nitrogens with zero attached hydrogens (tertiary/aromatic N) is 5. The maximum absolute atomic E-state index is 14.5. The fourth-order valence-corrected chi connectivity index (χ4v) is 4.62. The van der Waals surface area contributed by atoms with Crippen molar-refractivity contribution < 1.29 is 23.9 Å². The van der Waals surface area contributed by atoms with Gasteiger partial charge in [-0.1, -0.05) is 17.7 Å². The summed E-state index contributed by atoms with van der Waals surface area (Å²) >= 11 is 6.34. The smallest absolute Gasteiger partial charge is 0.407 e. The summed E-state index contributed by atoms with van der Waals surface area (Å²) in [4.78, 5) is 63.8. The van der Waals surface area contributed by atoms with Gasteiger partial charge in [0.25, 0.3) is 5.56 Å². The molecule has 3 aromatic heterocycles. The van der Waals surface area contributed by atoms with Crippen molar-refractivity contribution in [2.45, 2.75) is 38.6 Å². The molecule has 0 unspecified atom stereocenters. The highest BCUT2D eigenvalue weighted by molar-refractivity contribution is 6.29. The zero-order valence-corrected chi connectivity index (χ0v) is 24.3. The third kappa shape index (κ3) is 7.52. The van der Waals surface area contributed by atoms with E-state index in [2.05, 4.69) is 20.3 Å². The van der Waals surface area contributed by atoms with Gasteiger partial charge in [0.2, 0.25) is 11.8 Å². The van der Waals surface area contributed by atoms with E-state index in [0.29, 0.717) is 35.8 Å². The number of hydrogen-bond donors (Lipinski definition) is 3. The highest BCUT2D eigenvalue weighted by Gasteiger charge is 2.26. The van der Waals surface area contributed by atoms with Gasteiger partial charge in [0, 0.05) is 27.7 Å². The Hall–Kier alpha value is -4.26. The number of aromatic nitrogens is 4. The quantitative estimate of drug-likeness (QED) is 0.212. The van der Waals surface area contributed by atoms with E-state index in [1.54, 1.807) is 20.2 Å². The number of likely N-dealkylation sites (N-methyl/N-ethyl adjacent to an activating group) is 1. The number of carbonyl (C=O) groups is 3. The number of imidazole rings is 1. The van der Waals surface area contributed by atoms with Crippen molar-refractivity contribution in [1.82, 2.24) is 29.3 Å². The molecule has 3 N–H and O–H groups in total. The van der Waals surface area contributed by atoms with Crippen LogP contribution in [0.2, 0.25) is 5.15 Å². The standard InChI is InChI=1S/C28H33ClFN7O5/c1-35(2)23(38)7-5-4-6-17(14-36(3)28(41)42)26(39)32-19-10-11-21(29)37(27(19)40)15-22-33-24-18(30)13-31-20(25(24)34-22)12-16-8-9-16/h5,7,10-11,13,16-17H,4,6,8-9,12,14-15H2,1-3H3,(H,32,39)(H,33,34)(H,41,42)/b7-5+/t17-/m0/s1. The normalized spacial score (nSPS) is 13.8. The third-order valence-electron chi connectivity index (χ3n) is 7.04. The number of anilines is 1. The average Bonchev–Trinajstić information content (AvgIpc) is 3.66. The zero-order valence-electron chi connectivity index (χ0n) is 23.6. The number of nitrogens with one attached hydrogen (secondary N) is 2. The molecule has 12 nitrogen and oxygen atoms in total. The van der Waals surface area contributed by atoms with Gasteiger partial charge >= 0.3 is 6.09 Å². The average molecular weight is 602 g/mol. The minimum Gasteiger partial charge on any atom is -0.465 e. The summed E-state index contributed by atoms with van der Waals surface area (Å²) in [5, 5.41) is 12.0.